The van der Waals surface area contributed by atoms with Crippen LogP contribution in [0.1, 0.15) is 61.4 Å². The van der Waals surface area contributed by atoms with E-state index in [9.17, 15) is 5.11 Å². The monoisotopic (exact) mass is 337 g/mol. The molecule has 0 radical (unpaired) electrons. The van der Waals surface area contributed by atoms with Gasteiger partial charge in [-0.25, -0.2) is 0 Å². The second-order valence-electron chi connectivity index (χ2n) is 7.64. The van der Waals surface area contributed by atoms with Crippen molar-refractivity contribution in [2.24, 2.45) is 5.92 Å². The normalized spacial score (nSPS) is 28.2. The van der Waals surface area contributed by atoms with Crippen molar-refractivity contribution < 1.29 is 9.84 Å². The van der Waals surface area contributed by atoms with Gasteiger partial charge in [-0.15, -0.1) is 0 Å². The van der Waals surface area contributed by atoms with E-state index in [0.717, 1.165) is 18.5 Å². The summed E-state index contributed by atoms with van der Waals surface area (Å²) in [6, 6.07) is 17.6. The van der Waals surface area contributed by atoms with Gasteiger partial charge in [0.2, 0.25) is 0 Å². The molecule has 0 bridgehead atoms. The largest absolute Gasteiger partial charge is 0.394 e. The summed E-state index contributed by atoms with van der Waals surface area (Å²) in [4.78, 5) is 0. The van der Waals surface area contributed by atoms with Crippen LogP contribution in [0.5, 0.6) is 0 Å². The lowest BCUT2D eigenvalue weighted by molar-refractivity contribution is -0.110. The molecule has 2 heterocycles. The van der Waals surface area contributed by atoms with Crippen molar-refractivity contribution in [1.29, 1.82) is 0 Å². The van der Waals surface area contributed by atoms with E-state index in [1.54, 1.807) is 0 Å². The van der Waals surface area contributed by atoms with Gasteiger partial charge in [-0.3, -0.25) is 0 Å². The Bertz CT molecular complexity index is 728. The summed E-state index contributed by atoms with van der Waals surface area (Å²) < 4.78 is 6.36. The highest BCUT2D eigenvalue weighted by molar-refractivity contribution is 5.58. The maximum atomic E-state index is 9.61. The van der Waals surface area contributed by atoms with Gasteiger partial charge in [-0.2, -0.15) is 0 Å². The predicted octanol–water partition coefficient (Wildman–Crippen LogP) is 4.81. The van der Waals surface area contributed by atoms with Crippen LogP contribution in [0, 0.1) is 5.92 Å². The van der Waals surface area contributed by atoms with Gasteiger partial charge in [0, 0.05) is 17.2 Å². The van der Waals surface area contributed by atoms with Crippen molar-refractivity contribution in [3.63, 3.8) is 0 Å². The number of aliphatic hydroxyl groups excluding tert-OH is 1. The van der Waals surface area contributed by atoms with Crippen LogP contribution in [0.3, 0.4) is 0 Å². The predicted molar refractivity (Wildman–Crippen MR) is 101 cm³/mol. The smallest absolute Gasteiger partial charge is 0.0900 e. The fourth-order valence-corrected chi connectivity index (χ4v) is 4.26. The molecule has 2 aromatic carbocycles. The number of benzene rings is 2. The maximum Gasteiger partial charge on any atom is 0.0900 e. The van der Waals surface area contributed by atoms with Gasteiger partial charge in [0.25, 0.3) is 0 Å². The molecule has 0 aromatic heterocycles. The summed E-state index contributed by atoms with van der Waals surface area (Å²) in [7, 11) is 0. The lowest BCUT2D eigenvalue weighted by Gasteiger charge is -2.45. The third-order valence-electron chi connectivity index (χ3n) is 5.70. The fraction of sp³-hybridized carbons (Fsp3) is 0.455. The van der Waals surface area contributed by atoms with Crippen molar-refractivity contribution in [2.75, 3.05) is 11.9 Å². The molecule has 2 aromatic rings. The first-order chi connectivity index (χ1) is 12.2. The van der Waals surface area contributed by atoms with Crippen molar-refractivity contribution >= 4 is 5.69 Å². The van der Waals surface area contributed by atoms with Crippen LogP contribution >= 0.6 is 0 Å². The zero-order valence-corrected chi connectivity index (χ0v) is 15.0. The topological polar surface area (TPSA) is 41.5 Å². The van der Waals surface area contributed by atoms with Crippen molar-refractivity contribution in [3.05, 3.63) is 65.2 Å². The van der Waals surface area contributed by atoms with Gasteiger partial charge < -0.3 is 15.2 Å². The summed E-state index contributed by atoms with van der Waals surface area (Å²) in [6.45, 7) is 4.55. The Balaban J connectivity index is 1.76. The Labute approximate surface area is 150 Å². The zero-order chi connectivity index (χ0) is 17.4. The lowest BCUT2D eigenvalue weighted by Crippen LogP contribution is -2.40. The van der Waals surface area contributed by atoms with Crippen LogP contribution in [0.4, 0.5) is 5.69 Å². The van der Waals surface area contributed by atoms with Gasteiger partial charge >= 0.3 is 0 Å². The molecule has 2 aliphatic rings. The number of fused-ring (bicyclic) bond motifs is 3. The summed E-state index contributed by atoms with van der Waals surface area (Å²) >= 11 is 0. The molecule has 0 amide bonds. The van der Waals surface area contributed by atoms with Gasteiger partial charge in [0.05, 0.1) is 24.9 Å². The SMILES string of the molecule is CC(C)c1ccc2c(c1)[C@H]1O[C@@H](CO)CC[C@H]1[C@H](c1ccccc1)N2. The average Bonchev–Trinajstić information content (AvgIpc) is 2.67. The van der Waals surface area contributed by atoms with Crippen LogP contribution < -0.4 is 5.32 Å². The van der Waals surface area contributed by atoms with E-state index in [4.69, 9.17) is 4.74 Å². The molecule has 25 heavy (non-hydrogen) atoms. The number of anilines is 1. The van der Waals surface area contributed by atoms with Crippen LogP contribution in [0.25, 0.3) is 0 Å². The molecule has 3 nitrogen and oxygen atoms in total. The minimum absolute atomic E-state index is 0.0473. The first kappa shape index (κ1) is 16.6. The average molecular weight is 337 g/mol. The number of ether oxygens (including phenoxy) is 1. The van der Waals surface area contributed by atoms with Gasteiger partial charge in [-0.1, -0.05) is 56.3 Å². The highest BCUT2D eigenvalue weighted by Gasteiger charge is 2.42. The quantitative estimate of drug-likeness (QED) is 0.845. The Morgan fingerprint density at radius 3 is 2.64 bits per heavy atom. The van der Waals surface area contributed by atoms with Gasteiger partial charge in [0.1, 0.15) is 0 Å². The van der Waals surface area contributed by atoms with Crippen molar-refractivity contribution in [2.45, 2.75) is 50.9 Å². The second kappa shape index (κ2) is 6.81. The van der Waals surface area contributed by atoms with E-state index in [0.29, 0.717) is 11.8 Å². The summed E-state index contributed by atoms with van der Waals surface area (Å²) in [6.07, 6.45) is 1.98. The Morgan fingerprint density at radius 1 is 1.12 bits per heavy atom. The molecule has 132 valence electrons. The Hall–Kier alpha value is -1.84. The van der Waals surface area contributed by atoms with E-state index in [-0.39, 0.29) is 24.9 Å². The minimum atomic E-state index is -0.0497. The highest BCUT2D eigenvalue weighted by Crippen LogP contribution is 2.50. The van der Waals surface area contributed by atoms with E-state index in [1.807, 2.05) is 0 Å². The van der Waals surface area contributed by atoms with Crippen LogP contribution in [-0.4, -0.2) is 17.8 Å². The van der Waals surface area contributed by atoms with E-state index >= 15 is 0 Å². The molecule has 4 atom stereocenters. The second-order valence-corrected chi connectivity index (χ2v) is 7.64. The molecule has 1 saturated heterocycles. The van der Waals surface area contributed by atoms with Gasteiger partial charge in [-0.05, 0) is 36.0 Å². The number of hydrogen-bond donors (Lipinski definition) is 2. The van der Waals surface area contributed by atoms with E-state index < -0.39 is 0 Å². The first-order valence-electron chi connectivity index (χ1n) is 9.39. The zero-order valence-electron chi connectivity index (χ0n) is 15.0. The molecule has 1 fully saturated rings. The molecular formula is C22H27NO2. The Morgan fingerprint density at radius 2 is 1.92 bits per heavy atom. The summed E-state index contributed by atoms with van der Waals surface area (Å²) in [5, 5.41) is 13.4. The summed E-state index contributed by atoms with van der Waals surface area (Å²) in [5.74, 6) is 0.882. The van der Waals surface area contributed by atoms with E-state index in [2.05, 4.69) is 67.7 Å². The number of aliphatic hydroxyl groups is 1. The molecular weight excluding hydrogens is 310 g/mol. The molecule has 0 unspecified atom stereocenters. The maximum absolute atomic E-state index is 9.61. The number of nitrogens with one attached hydrogen (secondary N) is 1. The Kier molecular flexibility index (Phi) is 4.53. The van der Waals surface area contributed by atoms with E-state index in [1.165, 1.54) is 16.7 Å². The van der Waals surface area contributed by atoms with Crippen LogP contribution in [0.15, 0.2) is 48.5 Å². The first-order valence-corrected chi connectivity index (χ1v) is 9.39. The molecule has 0 aliphatic carbocycles. The third-order valence-corrected chi connectivity index (χ3v) is 5.70. The molecule has 4 rings (SSSR count). The molecule has 3 heteroatoms. The van der Waals surface area contributed by atoms with Crippen molar-refractivity contribution in [1.82, 2.24) is 0 Å². The molecule has 2 aliphatic heterocycles. The number of hydrogen-bond acceptors (Lipinski definition) is 3. The summed E-state index contributed by atoms with van der Waals surface area (Å²) in [5.41, 5.74) is 5.06. The molecule has 2 N–H and O–H groups in total. The highest BCUT2D eigenvalue weighted by atomic mass is 16.5. The third kappa shape index (κ3) is 3.07. The van der Waals surface area contributed by atoms with Crippen LogP contribution in [-0.2, 0) is 4.74 Å². The minimum Gasteiger partial charge on any atom is -0.394 e. The van der Waals surface area contributed by atoms with Crippen LogP contribution in [0.2, 0.25) is 0 Å². The molecule has 0 spiro atoms. The molecule has 0 saturated carbocycles. The lowest BCUT2D eigenvalue weighted by atomic mass is 9.76. The van der Waals surface area contributed by atoms with Crippen molar-refractivity contribution in [3.8, 4) is 0 Å². The standard InChI is InChI=1S/C22H27NO2/c1-14(2)16-8-11-20-19(12-16)22-18(10-9-17(13-24)25-22)21(23-20)15-6-4-3-5-7-15/h3-8,11-12,14,17-18,21-24H,9-10,13H2,1-2H3/t17-,18+,21+,22+/m1/s1. The fourth-order valence-electron chi connectivity index (χ4n) is 4.26. The van der Waals surface area contributed by atoms with Gasteiger partial charge in [0.15, 0.2) is 0 Å². The number of rotatable bonds is 3.